The number of ether oxygens (including phenoxy) is 2. The van der Waals surface area contributed by atoms with Crippen LogP contribution in [0, 0.1) is 30.1 Å². The summed E-state index contributed by atoms with van der Waals surface area (Å²) in [5.41, 5.74) is 2.22. The van der Waals surface area contributed by atoms with Crippen LogP contribution in [0.25, 0.3) is 6.08 Å². The SMILES string of the molecule is CCCCn1c(N2CC(C)CC(C)C2)c(C=C2SC(=S)N(CCc3ccc(OC)c(OC)c3)C2=O)c(C)c(C#N)c1=O. The van der Waals surface area contributed by atoms with Crippen molar-refractivity contribution in [1.82, 2.24) is 9.47 Å². The number of amides is 1. The number of hydrogen-bond donors (Lipinski definition) is 0. The Morgan fingerprint density at radius 3 is 2.43 bits per heavy atom. The maximum atomic E-state index is 13.7. The lowest BCUT2D eigenvalue weighted by Crippen LogP contribution is -2.43. The Morgan fingerprint density at radius 2 is 1.81 bits per heavy atom. The van der Waals surface area contributed by atoms with Gasteiger partial charge in [0.05, 0.1) is 19.1 Å². The van der Waals surface area contributed by atoms with E-state index in [2.05, 4.69) is 31.7 Å². The topological polar surface area (TPSA) is 87.8 Å². The molecular weight excluding hydrogens is 569 g/mol. The van der Waals surface area contributed by atoms with Crippen LogP contribution in [0.4, 0.5) is 5.82 Å². The van der Waals surface area contributed by atoms with Crippen LogP contribution in [0.3, 0.4) is 0 Å². The predicted octanol–water partition coefficient (Wildman–Crippen LogP) is 5.77. The average Bonchev–Trinajstić information content (AvgIpc) is 3.23. The highest BCUT2D eigenvalue weighted by Gasteiger charge is 2.34. The number of carbonyl (C=O) groups excluding carboxylic acids is 1. The van der Waals surface area contributed by atoms with E-state index in [1.807, 2.05) is 31.2 Å². The van der Waals surface area contributed by atoms with Crippen molar-refractivity contribution in [2.24, 2.45) is 11.8 Å². The second-order valence-electron chi connectivity index (χ2n) is 11.3. The van der Waals surface area contributed by atoms with E-state index >= 15 is 0 Å². The van der Waals surface area contributed by atoms with Crippen molar-refractivity contribution < 1.29 is 14.3 Å². The molecule has 2 aliphatic rings. The zero-order valence-corrected chi connectivity index (χ0v) is 27.0. The second kappa shape index (κ2) is 13.8. The molecule has 4 rings (SSSR count). The minimum absolute atomic E-state index is 0.128. The van der Waals surface area contributed by atoms with E-state index in [-0.39, 0.29) is 17.0 Å². The van der Waals surface area contributed by atoms with Gasteiger partial charge in [0, 0.05) is 31.7 Å². The van der Waals surface area contributed by atoms with Crippen molar-refractivity contribution in [2.75, 3.05) is 38.8 Å². The Kier molecular flexibility index (Phi) is 10.4. The lowest BCUT2D eigenvalue weighted by molar-refractivity contribution is -0.122. The summed E-state index contributed by atoms with van der Waals surface area (Å²) in [6.45, 7) is 10.9. The number of thiocarbonyl (C=S) groups is 1. The van der Waals surface area contributed by atoms with E-state index in [0.29, 0.717) is 57.6 Å². The fourth-order valence-corrected chi connectivity index (χ4v) is 7.24. The number of pyridine rings is 1. The van der Waals surface area contributed by atoms with Gasteiger partial charge in [-0.05, 0) is 67.4 Å². The molecule has 224 valence electrons. The van der Waals surface area contributed by atoms with Crippen LogP contribution in [-0.2, 0) is 17.8 Å². The molecule has 0 N–H and O–H groups in total. The molecule has 10 heteroatoms. The van der Waals surface area contributed by atoms with Crippen LogP contribution >= 0.6 is 24.0 Å². The molecular formula is C32H40N4O4S2. The highest BCUT2D eigenvalue weighted by molar-refractivity contribution is 8.26. The maximum Gasteiger partial charge on any atom is 0.270 e. The van der Waals surface area contributed by atoms with Crippen LogP contribution in [0.2, 0.25) is 0 Å². The fraction of sp³-hybridized carbons (Fsp3) is 0.500. The average molecular weight is 609 g/mol. The Bertz CT molecular complexity index is 1480. The summed E-state index contributed by atoms with van der Waals surface area (Å²) in [5, 5.41) is 9.99. The Morgan fingerprint density at radius 1 is 1.12 bits per heavy atom. The van der Waals surface area contributed by atoms with Gasteiger partial charge in [0.25, 0.3) is 11.5 Å². The van der Waals surface area contributed by atoms with E-state index in [4.69, 9.17) is 21.7 Å². The minimum Gasteiger partial charge on any atom is -0.493 e. The molecule has 2 saturated heterocycles. The Hall–Kier alpha value is -3.29. The normalized spacial score (nSPS) is 19.9. The Balaban J connectivity index is 1.73. The van der Waals surface area contributed by atoms with Crippen molar-refractivity contribution in [3.05, 3.63) is 55.7 Å². The number of piperidine rings is 1. The van der Waals surface area contributed by atoms with Gasteiger partial charge in [-0.1, -0.05) is 57.2 Å². The molecule has 42 heavy (non-hydrogen) atoms. The van der Waals surface area contributed by atoms with Crippen molar-refractivity contribution in [1.29, 1.82) is 5.26 Å². The van der Waals surface area contributed by atoms with Crippen molar-refractivity contribution in [3.63, 3.8) is 0 Å². The van der Waals surface area contributed by atoms with E-state index < -0.39 is 0 Å². The first-order valence-electron chi connectivity index (χ1n) is 14.5. The van der Waals surface area contributed by atoms with Crippen molar-refractivity contribution in [2.45, 2.75) is 59.9 Å². The van der Waals surface area contributed by atoms with E-state index in [0.717, 1.165) is 49.3 Å². The number of thioether (sulfide) groups is 1. The van der Waals surface area contributed by atoms with Crippen LogP contribution in [-0.4, -0.2) is 53.5 Å². The maximum absolute atomic E-state index is 13.7. The molecule has 1 aromatic heterocycles. The first kappa shape index (κ1) is 31.6. The minimum atomic E-state index is -0.260. The molecule has 0 radical (unpaired) electrons. The van der Waals surface area contributed by atoms with E-state index in [9.17, 15) is 14.9 Å². The number of carbonyl (C=O) groups is 1. The molecule has 2 aliphatic heterocycles. The van der Waals surface area contributed by atoms with Crippen molar-refractivity contribution in [3.8, 4) is 17.6 Å². The standard InChI is InChI=1S/C32H40N4O4S2/c1-7-8-12-35-29(34-18-20(2)14-21(3)19-34)24(22(4)25(17-33)30(35)37)16-28-31(38)36(32(41)42-28)13-11-23-9-10-26(39-5)27(15-23)40-6/h9-10,15-16,20-21H,7-8,11-14,18-19H2,1-6H3. The second-order valence-corrected chi connectivity index (χ2v) is 13.0. The molecule has 1 aromatic carbocycles. The number of anilines is 1. The van der Waals surface area contributed by atoms with Crippen LogP contribution in [0.15, 0.2) is 27.9 Å². The lowest BCUT2D eigenvalue weighted by Gasteiger charge is -2.39. The zero-order chi connectivity index (χ0) is 30.6. The van der Waals surface area contributed by atoms with Gasteiger partial charge in [-0.15, -0.1) is 0 Å². The number of aromatic nitrogens is 1. The molecule has 0 bridgehead atoms. The van der Waals surface area contributed by atoms with Gasteiger partial charge in [0.2, 0.25) is 0 Å². The highest BCUT2D eigenvalue weighted by atomic mass is 32.2. The first-order chi connectivity index (χ1) is 20.1. The fourth-order valence-electron chi connectivity index (χ4n) is 5.95. The summed E-state index contributed by atoms with van der Waals surface area (Å²) >= 11 is 6.92. The van der Waals surface area contributed by atoms with Gasteiger partial charge in [-0.25, -0.2) is 0 Å². The van der Waals surface area contributed by atoms with Crippen molar-refractivity contribution >= 4 is 46.1 Å². The smallest absolute Gasteiger partial charge is 0.270 e. The summed E-state index contributed by atoms with van der Waals surface area (Å²) in [4.78, 5) is 31.7. The molecule has 0 aliphatic carbocycles. The summed E-state index contributed by atoms with van der Waals surface area (Å²) in [6.07, 6.45) is 5.31. The molecule has 3 heterocycles. The van der Waals surface area contributed by atoms with Gasteiger partial charge in [0.1, 0.15) is 21.8 Å². The number of nitriles is 1. The first-order valence-corrected chi connectivity index (χ1v) is 15.7. The van der Waals surface area contributed by atoms with Gasteiger partial charge in [0.15, 0.2) is 11.5 Å². The number of rotatable bonds is 10. The van der Waals surface area contributed by atoms with Crippen LogP contribution in [0.1, 0.15) is 62.3 Å². The molecule has 0 spiro atoms. The van der Waals surface area contributed by atoms with E-state index in [1.165, 1.54) is 11.8 Å². The number of benzene rings is 1. The molecule has 8 nitrogen and oxygen atoms in total. The van der Waals surface area contributed by atoms with Gasteiger partial charge >= 0.3 is 0 Å². The highest BCUT2D eigenvalue weighted by Crippen LogP contribution is 2.38. The third-order valence-electron chi connectivity index (χ3n) is 7.97. The summed E-state index contributed by atoms with van der Waals surface area (Å²) in [5.74, 6) is 2.84. The lowest BCUT2D eigenvalue weighted by atomic mass is 9.91. The summed E-state index contributed by atoms with van der Waals surface area (Å²) in [7, 11) is 3.19. The zero-order valence-electron chi connectivity index (χ0n) is 25.4. The number of nitrogens with zero attached hydrogens (tertiary/aromatic N) is 4. The number of unbranched alkanes of at least 4 members (excludes halogenated alkanes) is 1. The molecule has 2 fully saturated rings. The number of hydrogen-bond acceptors (Lipinski definition) is 8. The third-order valence-corrected chi connectivity index (χ3v) is 9.35. The molecule has 0 saturated carbocycles. The quantitative estimate of drug-likeness (QED) is 0.248. The van der Waals surface area contributed by atoms with Crippen LogP contribution < -0.4 is 19.9 Å². The molecule has 2 aromatic rings. The van der Waals surface area contributed by atoms with Gasteiger partial charge in [-0.2, -0.15) is 5.26 Å². The monoisotopic (exact) mass is 608 g/mol. The largest absolute Gasteiger partial charge is 0.493 e. The molecule has 2 atom stereocenters. The third kappa shape index (κ3) is 6.52. The predicted molar refractivity (Wildman–Crippen MR) is 173 cm³/mol. The van der Waals surface area contributed by atoms with E-state index in [1.54, 1.807) is 23.7 Å². The molecule has 1 amide bonds. The van der Waals surface area contributed by atoms with Gasteiger partial charge in [-0.3, -0.25) is 19.1 Å². The van der Waals surface area contributed by atoms with Crippen LogP contribution in [0.5, 0.6) is 11.5 Å². The molecule has 2 unspecified atom stereocenters. The Labute approximate surface area is 258 Å². The summed E-state index contributed by atoms with van der Waals surface area (Å²) in [6, 6.07) is 7.86. The summed E-state index contributed by atoms with van der Waals surface area (Å²) < 4.78 is 13.0. The van der Waals surface area contributed by atoms with Gasteiger partial charge < -0.3 is 14.4 Å². The number of methoxy groups -OCH3 is 2.